The fraction of sp³-hybridized carbons (Fsp3) is 0. The molecule has 18 heavy (non-hydrogen) atoms. The normalized spacial score (nSPS) is 10.4. The van der Waals surface area contributed by atoms with Crippen molar-refractivity contribution in [1.29, 1.82) is 0 Å². The number of hydrogen-bond donors (Lipinski definition) is 1. The molecular formula is C12H6Cl3NO2. The Bertz CT molecular complexity index is 629. The molecule has 0 aliphatic carbocycles. The number of pyridine rings is 1. The second-order valence-electron chi connectivity index (χ2n) is 3.48. The van der Waals surface area contributed by atoms with E-state index in [-0.39, 0.29) is 10.6 Å². The molecule has 2 rings (SSSR count). The third-order valence-electron chi connectivity index (χ3n) is 2.27. The molecule has 0 aliphatic rings. The van der Waals surface area contributed by atoms with Crippen molar-refractivity contribution in [3.05, 3.63) is 51.1 Å². The Kier molecular flexibility index (Phi) is 3.76. The molecule has 2 aromatic rings. The maximum Gasteiger partial charge on any atom is 0.337 e. The summed E-state index contributed by atoms with van der Waals surface area (Å²) < 4.78 is 0. The van der Waals surface area contributed by atoms with Crippen molar-refractivity contribution in [2.45, 2.75) is 0 Å². The van der Waals surface area contributed by atoms with Crippen molar-refractivity contribution in [2.24, 2.45) is 0 Å². The lowest BCUT2D eigenvalue weighted by Crippen LogP contribution is -1.98. The van der Waals surface area contributed by atoms with Crippen LogP contribution < -0.4 is 0 Å². The molecule has 3 nitrogen and oxygen atoms in total. The van der Waals surface area contributed by atoms with E-state index in [4.69, 9.17) is 39.9 Å². The zero-order chi connectivity index (χ0) is 13.3. The first-order valence-electron chi connectivity index (χ1n) is 4.83. The van der Waals surface area contributed by atoms with Crippen LogP contribution in [-0.4, -0.2) is 16.1 Å². The number of aromatic carboxylic acids is 1. The van der Waals surface area contributed by atoms with Gasteiger partial charge in [-0.25, -0.2) is 4.79 Å². The molecule has 0 saturated carbocycles. The molecule has 0 atom stereocenters. The van der Waals surface area contributed by atoms with Crippen LogP contribution in [0.3, 0.4) is 0 Å². The van der Waals surface area contributed by atoms with E-state index < -0.39 is 5.97 Å². The number of carboxylic acid groups (broad SMARTS) is 1. The SMILES string of the molecule is O=C(O)c1cnc(-c2ccc(Cl)cc2Cl)c(Cl)c1. The highest BCUT2D eigenvalue weighted by molar-refractivity contribution is 6.38. The first kappa shape index (κ1) is 13.1. The van der Waals surface area contributed by atoms with Gasteiger partial charge in [0.25, 0.3) is 0 Å². The number of benzene rings is 1. The summed E-state index contributed by atoms with van der Waals surface area (Å²) in [5, 5.41) is 9.95. The van der Waals surface area contributed by atoms with E-state index in [0.29, 0.717) is 21.3 Å². The summed E-state index contributed by atoms with van der Waals surface area (Å²) in [4.78, 5) is 14.8. The third-order valence-corrected chi connectivity index (χ3v) is 3.11. The summed E-state index contributed by atoms with van der Waals surface area (Å²) >= 11 is 17.8. The number of carboxylic acids is 1. The fourth-order valence-corrected chi connectivity index (χ4v) is 2.20. The summed E-state index contributed by atoms with van der Waals surface area (Å²) in [6.07, 6.45) is 1.23. The van der Waals surface area contributed by atoms with Crippen molar-refractivity contribution in [2.75, 3.05) is 0 Å². The Labute approximate surface area is 118 Å². The predicted octanol–water partition coefficient (Wildman–Crippen LogP) is 4.41. The summed E-state index contributed by atoms with van der Waals surface area (Å²) in [5.74, 6) is -1.09. The first-order chi connectivity index (χ1) is 8.49. The molecule has 1 aromatic heterocycles. The summed E-state index contributed by atoms with van der Waals surface area (Å²) in [7, 11) is 0. The Hall–Kier alpha value is -1.29. The first-order valence-corrected chi connectivity index (χ1v) is 5.96. The van der Waals surface area contributed by atoms with Gasteiger partial charge in [0.05, 0.1) is 21.3 Å². The summed E-state index contributed by atoms with van der Waals surface area (Å²) in [6, 6.07) is 6.24. The molecule has 0 saturated heterocycles. The van der Waals surface area contributed by atoms with Crippen LogP contribution in [0.2, 0.25) is 15.1 Å². The van der Waals surface area contributed by atoms with Gasteiger partial charge in [0.1, 0.15) is 0 Å². The quantitative estimate of drug-likeness (QED) is 0.894. The lowest BCUT2D eigenvalue weighted by molar-refractivity contribution is 0.0696. The van der Waals surface area contributed by atoms with Gasteiger partial charge in [-0.1, -0.05) is 34.8 Å². The average molecular weight is 303 g/mol. The van der Waals surface area contributed by atoms with Crippen LogP contribution in [0.15, 0.2) is 30.5 Å². The Morgan fingerprint density at radius 2 is 1.83 bits per heavy atom. The van der Waals surface area contributed by atoms with E-state index in [0.717, 1.165) is 0 Å². The van der Waals surface area contributed by atoms with Gasteiger partial charge in [0, 0.05) is 16.8 Å². The van der Waals surface area contributed by atoms with Crippen LogP contribution in [0, 0.1) is 0 Å². The fourth-order valence-electron chi connectivity index (χ4n) is 1.43. The minimum absolute atomic E-state index is 0.0221. The Morgan fingerprint density at radius 1 is 1.11 bits per heavy atom. The molecule has 0 unspecified atom stereocenters. The number of hydrogen-bond acceptors (Lipinski definition) is 2. The predicted molar refractivity (Wildman–Crippen MR) is 71.7 cm³/mol. The van der Waals surface area contributed by atoms with Crippen LogP contribution in [0.1, 0.15) is 10.4 Å². The number of rotatable bonds is 2. The maximum absolute atomic E-state index is 10.8. The van der Waals surface area contributed by atoms with Gasteiger partial charge < -0.3 is 5.11 Å². The number of aromatic nitrogens is 1. The zero-order valence-corrected chi connectivity index (χ0v) is 11.1. The van der Waals surface area contributed by atoms with Crippen molar-refractivity contribution in [1.82, 2.24) is 4.98 Å². The standard InChI is InChI=1S/C12H6Cl3NO2/c13-7-1-2-8(9(14)4-7)11-10(15)3-6(5-16-11)12(17)18/h1-5H,(H,17,18). The minimum atomic E-state index is -1.09. The van der Waals surface area contributed by atoms with E-state index in [1.165, 1.54) is 12.3 Å². The van der Waals surface area contributed by atoms with Gasteiger partial charge >= 0.3 is 5.97 Å². The lowest BCUT2D eigenvalue weighted by atomic mass is 10.1. The van der Waals surface area contributed by atoms with Crippen LogP contribution in [0.25, 0.3) is 11.3 Å². The summed E-state index contributed by atoms with van der Waals surface area (Å²) in [5.41, 5.74) is 1.04. The van der Waals surface area contributed by atoms with Crippen LogP contribution >= 0.6 is 34.8 Å². The molecular weight excluding hydrogens is 296 g/mol. The smallest absolute Gasteiger partial charge is 0.337 e. The zero-order valence-electron chi connectivity index (χ0n) is 8.82. The number of nitrogens with zero attached hydrogens (tertiary/aromatic N) is 1. The highest BCUT2D eigenvalue weighted by atomic mass is 35.5. The Balaban J connectivity index is 2.54. The molecule has 1 N–H and O–H groups in total. The van der Waals surface area contributed by atoms with E-state index >= 15 is 0 Å². The molecule has 0 fully saturated rings. The molecule has 92 valence electrons. The van der Waals surface area contributed by atoms with Crippen molar-refractivity contribution >= 4 is 40.8 Å². The van der Waals surface area contributed by atoms with Crippen molar-refractivity contribution in [3.8, 4) is 11.3 Å². The minimum Gasteiger partial charge on any atom is -0.478 e. The van der Waals surface area contributed by atoms with Crippen LogP contribution in [0.4, 0.5) is 0 Å². The highest BCUT2D eigenvalue weighted by Crippen LogP contribution is 2.33. The average Bonchev–Trinajstić information content (AvgIpc) is 2.30. The highest BCUT2D eigenvalue weighted by Gasteiger charge is 2.12. The molecule has 6 heteroatoms. The molecule has 1 heterocycles. The van der Waals surface area contributed by atoms with Gasteiger partial charge in [-0.15, -0.1) is 0 Å². The van der Waals surface area contributed by atoms with Gasteiger partial charge in [-0.2, -0.15) is 0 Å². The van der Waals surface area contributed by atoms with Gasteiger partial charge in [-0.05, 0) is 24.3 Å². The van der Waals surface area contributed by atoms with Crippen LogP contribution in [0.5, 0.6) is 0 Å². The maximum atomic E-state index is 10.8. The lowest BCUT2D eigenvalue weighted by Gasteiger charge is -2.07. The molecule has 0 bridgehead atoms. The second-order valence-corrected chi connectivity index (χ2v) is 4.73. The topological polar surface area (TPSA) is 50.2 Å². The summed E-state index contributed by atoms with van der Waals surface area (Å²) in [6.45, 7) is 0. The molecule has 0 aliphatic heterocycles. The van der Waals surface area contributed by atoms with Gasteiger partial charge in [0.15, 0.2) is 0 Å². The molecule has 0 spiro atoms. The monoisotopic (exact) mass is 301 g/mol. The van der Waals surface area contributed by atoms with Crippen LogP contribution in [-0.2, 0) is 0 Å². The van der Waals surface area contributed by atoms with E-state index in [1.807, 2.05) is 0 Å². The molecule has 1 aromatic carbocycles. The third kappa shape index (κ3) is 2.58. The van der Waals surface area contributed by atoms with Crippen molar-refractivity contribution in [3.63, 3.8) is 0 Å². The van der Waals surface area contributed by atoms with Gasteiger partial charge in [-0.3, -0.25) is 4.98 Å². The second kappa shape index (κ2) is 5.14. The Morgan fingerprint density at radius 3 is 2.39 bits per heavy atom. The van der Waals surface area contributed by atoms with Crippen molar-refractivity contribution < 1.29 is 9.90 Å². The van der Waals surface area contributed by atoms with E-state index in [1.54, 1.807) is 18.2 Å². The van der Waals surface area contributed by atoms with Gasteiger partial charge in [0.2, 0.25) is 0 Å². The van der Waals surface area contributed by atoms with E-state index in [9.17, 15) is 4.79 Å². The largest absolute Gasteiger partial charge is 0.478 e. The van der Waals surface area contributed by atoms with E-state index in [2.05, 4.69) is 4.98 Å². The number of halogens is 3. The molecule has 0 radical (unpaired) electrons. The number of carbonyl (C=O) groups is 1. The molecule has 0 amide bonds.